The van der Waals surface area contributed by atoms with Gasteiger partial charge in [0.05, 0.1) is 6.20 Å². The molecule has 0 amide bonds. The molecule has 2 aromatic rings. The largest absolute Gasteiger partial charge is 0.368 e. The summed E-state index contributed by atoms with van der Waals surface area (Å²) in [6, 6.07) is 6.74. The molecule has 0 aliphatic carbocycles. The van der Waals surface area contributed by atoms with Crippen LogP contribution in [-0.2, 0) is 6.42 Å². The zero-order chi connectivity index (χ0) is 19.1. The van der Waals surface area contributed by atoms with Gasteiger partial charge in [-0.05, 0) is 56.5 Å². The molecule has 2 heterocycles. The Labute approximate surface area is 183 Å². The SMILES string of the molecule is CCNC(=NCCCc1cn[nH]c1C)N1CCN(c2ccc(F)cc2)CC1.I. The van der Waals surface area contributed by atoms with Gasteiger partial charge in [-0.15, -0.1) is 24.0 Å². The number of benzene rings is 1. The van der Waals surface area contributed by atoms with Crippen molar-refractivity contribution in [3.63, 3.8) is 0 Å². The Morgan fingerprint density at radius 3 is 2.54 bits per heavy atom. The third-order valence-corrected chi connectivity index (χ3v) is 4.91. The Balaban J connectivity index is 0.00000280. The third kappa shape index (κ3) is 6.08. The Morgan fingerprint density at radius 1 is 1.21 bits per heavy atom. The second-order valence-electron chi connectivity index (χ2n) is 6.81. The minimum atomic E-state index is -0.190. The fourth-order valence-electron chi connectivity index (χ4n) is 3.34. The highest BCUT2D eigenvalue weighted by atomic mass is 127. The van der Waals surface area contributed by atoms with Crippen LogP contribution in [0.15, 0.2) is 35.5 Å². The lowest BCUT2D eigenvalue weighted by atomic mass is 10.1. The van der Waals surface area contributed by atoms with Crippen molar-refractivity contribution in [3.05, 3.63) is 47.5 Å². The van der Waals surface area contributed by atoms with Gasteiger partial charge in [-0.2, -0.15) is 5.10 Å². The summed E-state index contributed by atoms with van der Waals surface area (Å²) in [5.74, 6) is 0.796. The predicted molar refractivity (Wildman–Crippen MR) is 123 cm³/mol. The van der Waals surface area contributed by atoms with Crippen molar-refractivity contribution < 1.29 is 4.39 Å². The first-order valence-electron chi connectivity index (χ1n) is 9.70. The van der Waals surface area contributed by atoms with Crippen molar-refractivity contribution in [1.29, 1.82) is 0 Å². The van der Waals surface area contributed by atoms with E-state index in [0.717, 1.165) is 69.5 Å². The Kier molecular flexibility index (Phi) is 9.01. The topological polar surface area (TPSA) is 59.6 Å². The number of halogens is 2. The molecule has 0 spiro atoms. The molecule has 1 aliphatic rings. The van der Waals surface area contributed by atoms with Crippen molar-refractivity contribution >= 4 is 35.6 Å². The van der Waals surface area contributed by atoms with Crippen LogP contribution >= 0.6 is 24.0 Å². The summed E-state index contributed by atoms with van der Waals surface area (Å²) in [4.78, 5) is 9.41. The molecule has 154 valence electrons. The molecule has 0 radical (unpaired) electrons. The summed E-state index contributed by atoms with van der Waals surface area (Å²) in [6.07, 6.45) is 3.90. The van der Waals surface area contributed by atoms with Gasteiger partial charge in [-0.1, -0.05) is 0 Å². The average Bonchev–Trinajstić information content (AvgIpc) is 3.10. The minimum absolute atomic E-state index is 0. The molecule has 8 heteroatoms. The number of nitrogens with one attached hydrogen (secondary N) is 2. The predicted octanol–water partition coefficient (Wildman–Crippen LogP) is 3.20. The van der Waals surface area contributed by atoms with Gasteiger partial charge in [0.15, 0.2) is 5.96 Å². The minimum Gasteiger partial charge on any atom is -0.368 e. The molecule has 0 saturated carbocycles. The summed E-state index contributed by atoms with van der Waals surface area (Å²) in [5, 5.41) is 10.5. The van der Waals surface area contributed by atoms with E-state index in [0.29, 0.717) is 0 Å². The number of hydrogen-bond donors (Lipinski definition) is 2. The molecule has 1 aromatic carbocycles. The molecule has 0 bridgehead atoms. The number of rotatable bonds is 6. The first kappa shape index (κ1) is 22.4. The van der Waals surface area contributed by atoms with Gasteiger partial charge >= 0.3 is 0 Å². The zero-order valence-electron chi connectivity index (χ0n) is 16.6. The van der Waals surface area contributed by atoms with E-state index in [2.05, 4.69) is 39.2 Å². The van der Waals surface area contributed by atoms with Crippen LogP contribution in [0, 0.1) is 12.7 Å². The molecule has 1 aliphatic heterocycles. The van der Waals surface area contributed by atoms with Gasteiger partial charge in [0.2, 0.25) is 0 Å². The number of anilines is 1. The quantitative estimate of drug-likeness (QED) is 0.277. The lowest BCUT2D eigenvalue weighted by Crippen LogP contribution is -2.52. The maximum atomic E-state index is 13.1. The Bertz CT molecular complexity index is 737. The molecule has 1 aromatic heterocycles. The standard InChI is InChI=1S/C20H29FN6.HI/c1-3-22-20(23-10-4-5-17-15-24-25-16(17)2)27-13-11-26(12-14-27)19-8-6-18(21)7-9-19;/h6-9,15H,3-5,10-14H2,1-2H3,(H,22,23)(H,24,25);1H. The highest BCUT2D eigenvalue weighted by Gasteiger charge is 2.19. The number of hydrogen-bond acceptors (Lipinski definition) is 3. The second kappa shape index (κ2) is 11.2. The fraction of sp³-hybridized carbons (Fsp3) is 0.500. The summed E-state index contributed by atoms with van der Waals surface area (Å²) < 4.78 is 13.1. The molecule has 1 saturated heterocycles. The summed E-state index contributed by atoms with van der Waals surface area (Å²) in [6.45, 7) is 9.43. The van der Waals surface area contributed by atoms with E-state index in [1.165, 1.54) is 17.7 Å². The summed E-state index contributed by atoms with van der Waals surface area (Å²) in [7, 11) is 0. The van der Waals surface area contributed by atoms with Crippen molar-refractivity contribution in [1.82, 2.24) is 20.4 Å². The lowest BCUT2D eigenvalue weighted by molar-refractivity contribution is 0.372. The van der Waals surface area contributed by atoms with Crippen LogP contribution in [0.1, 0.15) is 24.6 Å². The Morgan fingerprint density at radius 2 is 1.93 bits per heavy atom. The number of nitrogens with zero attached hydrogens (tertiary/aromatic N) is 4. The van der Waals surface area contributed by atoms with E-state index in [4.69, 9.17) is 4.99 Å². The fourth-order valence-corrected chi connectivity index (χ4v) is 3.34. The molecule has 1 fully saturated rings. The molecule has 0 atom stereocenters. The number of guanidine groups is 1. The van der Waals surface area contributed by atoms with Crippen molar-refractivity contribution in [2.75, 3.05) is 44.2 Å². The number of aromatic nitrogens is 2. The number of aliphatic imine (C=N–C) groups is 1. The van der Waals surface area contributed by atoms with Gasteiger partial charge in [0.25, 0.3) is 0 Å². The molecule has 28 heavy (non-hydrogen) atoms. The van der Waals surface area contributed by atoms with Crippen molar-refractivity contribution in [3.8, 4) is 0 Å². The van der Waals surface area contributed by atoms with E-state index in [-0.39, 0.29) is 29.8 Å². The maximum absolute atomic E-state index is 13.1. The number of aryl methyl sites for hydroxylation is 2. The first-order valence-corrected chi connectivity index (χ1v) is 9.70. The molecular formula is C20H30FIN6. The molecular weight excluding hydrogens is 470 g/mol. The van der Waals surface area contributed by atoms with Gasteiger partial charge in [-0.25, -0.2) is 4.39 Å². The number of H-pyrrole nitrogens is 1. The van der Waals surface area contributed by atoms with Crippen molar-refractivity contribution in [2.45, 2.75) is 26.7 Å². The molecule has 2 N–H and O–H groups in total. The molecule has 6 nitrogen and oxygen atoms in total. The first-order chi connectivity index (χ1) is 13.2. The van der Waals surface area contributed by atoms with Crippen LogP contribution in [0.3, 0.4) is 0 Å². The van der Waals surface area contributed by atoms with E-state index in [9.17, 15) is 4.39 Å². The number of piperazine rings is 1. The summed E-state index contributed by atoms with van der Waals surface area (Å²) >= 11 is 0. The monoisotopic (exact) mass is 500 g/mol. The van der Waals surface area contributed by atoms with Gasteiger partial charge in [-0.3, -0.25) is 10.1 Å². The van der Waals surface area contributed by atoms with Crippen LogP contribution < -0.4 is 10.2 Å². The van der Waals surface area contributed by atoms with Gasteiger partial charge in [0.1, 0.15) is 5.82 Å². The maximum Gasteiger partial charge on any atom is 0.194 e. The van der Waals surface area contributed by atoms with E-state index >= 15 is 0 Å². The normalized spacial score (nSPS) is 14.8. The van der Waals surface area contributed by atoms with Crippen LogP contribution in [-0.4, -0.2) is 60.3 Å². The lowest BCUT2D eigenvalue weighted by Gasteiger charge is -2.37. The Hall–Kier alpha value is -1.84. The molecule has 0 unspecified atom stereocenters. The van der Waals surface area contributed by atoms with Crippen LogP contribution in [0.5, 0.6) is 0 Å². The van der Waals surface area contributed by atoms with E-state index in [1.807, 2.05) is 18.3 Å². The zero-order valence-corrected chi connectivity index (χ0v) is 18.9. The van der Waals surface area contributed by atoms with Crippen molar-refractivity contribution in [2.24, 2.45) is 4.99 Å². The van der Waals surface area contributed by atoms with Crippen LogP contribution in [0.4, 0.5) is 10.1 Å². The van der Waals surface area contributed by atoms with E-state index < -0.39 is 0 Å². The molecule has 3 rings (SSSR count). The summed E-state index contributed by atoms with van der Waals surface area (Å²) in [5.41, 5.74) is 3.49. The third-order valence-electron chi connectivity index (χ3n) is 4.91. The highest BCUT2D eigenvalue weighted by molar-refractivity contribution is 14.0. The van der Waals surface area contributed by atoms with Gasteiger partial charge in [0, 0.05) is 50.6 Å². The van der Waals surface area contributed by atoms with Crippen LogP contribution in [0.25, 0.3) is 0 Å². The van der Waals surface area contributed by atoms with E-state index in [1.54, 1.807) is 0 Å². The second-order valence-corrected chi connectivity index (χ2v) is 6.81. The van der Waals surface area contributed by atoms with Gasteiger partial charge < -0.3 is 15.1 Å². The highest BCUT2D eigenvalue weighted by Crippen LogP contribution is 2.17. The van der Waals surface area contributed by atoms with Crippen LogP contribution in [0.2, 0.25) is 0 Å². The number of aromatic amines is 1. The average molecular weight is 500 g/mol. The smallest absolute Gasteiger partial charge is 0.194 e.